The second-order valence-corrected chi connectivity index (χ2v) is 4.98. The van der Waals surface area contributed by atoms with Gasteiger partial charge in [-0.3, -0.25) is 9.88 Å². The first kappa shape index (κ1) is 11.5. The maximum Gasteiger partial charge on any atom is 0.108 e. The summed E-state index contributed by atoms with van der Waals surface area (Å²) in [7, 11) is 2.18. The summed E-state index contributed by atoms with van der Waals surface area (Å²) in [4.78, 5) is 6.92. The average molecular weight is 242 g/mol. The van der Waals surface area contributed by atoms with Gasteiger partial charge in [0.05, 0.1) is 18.0 Å². The number of furan rings is 1. The molecule has 1 aliphatic rings. The fraction of sp³-hybridized carbons (Fsp3) is 0.400. The lowest BCUT2D eigenvalue weighted by atomic mass is 10.1. The van der Waals surface area contributed by atoms with Crippen LogP contribution in [0.2, 0.25) is 0 Å². The van der Waals surface area contributed by atoms with Crippen LogP contribution in [0.4, 0.5) is 0 Å². The highest BCUT2D eigenvalue weighted by Gasteiger charge is 2.23. The number of rotatable bonds is 3. The molecule has 1 atom stereocenters. The van der Waals surface area contributed by atoms with Crippen LogP contribution in [-0.2, 0) is 6.42 Å². The van der Waals surface area contributed by atoms with Crippen molar-refractivity contribution in [3.63, 3.8) is 0 Å². The zero-order chi connectivity index (χ0) is 12.4. The Labute approximate surface area is 107 Å². The number of likely N-dealkylation sites (tertiary alicyclic amines) is 1. The van der Waals surface area contributed by atoms with Crippen molar-refractivity contribution >= 4 is 0 Å². The Morgan fingerprint density at radius 1 is 1.44 bits per heavy atom. The highest BCUT2D eigenvalue weighted by atomic mass is 16.3. The van der Waals surface area contributed by atoms with Crippen molar-refractivity contribution in [2.75, 3.05) is 13.6 Å². The van der Waals surface area contributed by atoms with Crippen LogP contribution in [0.15, 0.2) is 41.1 Å². The second-order valence-electron chi connectivity index (χ2n) is 4.98. The summed E-state index contributed by atoms with van der Waals surface area (Å²) < 4.78 is 5.39. The summed E-state index contributed by atoms with van der Waals surface area (Å²) in [6.07, 6.45) is 6.97. The first-order valence-electron chi connectivity index (χ1n) is 6.50. The summed E-state index contributed by atoms with van der Waals surface area (Å²) >= 11 is 0. The molecule has 3 rings (SSSR count). The van der Waals surface area contributed by atoms with Crippen molar-refractivity contribution in [1.29, 1.82) is 0 Å². The minimum atomic E-state index is 0.488. The Hall–Kier alpha value is -1.61. The van der Waals surface area contributed by atoms with E-state index in [9.17, 15) is 0 Å². The molecule has 0 unspecified atom stereocenters. The van der Waals surface area contributed by atoms with Crippen molar-refractivity contribution in [2.24, 2.45) is 0 Å². The standard InChI is InChI=1S/C15H18N2O/c1-17-8-2-5-15(17)14-11-12(6-7-16-14)10-13-4-3-9-18-13/h3-4,6-7,9,11,15H,2,5,8,10H2,1H3/t15-/m0/s1. The maximum atomic E-state index is 5.39. The van der Waals surface area contributed by atoms with E-state index in [1.165, 1.54) is 30.6 Å². The third-order valence-electron chi connectivity index (χ3n) is 3.67. The largest absolute Gasteiger partial charge is 0.469 e. The van der Waals surface area contributed by atoms with Gasteiger partial charge in [-0.15, -0.1) is 0 Å². The fourth-order valence-electron chi connectivity index (χ4n) is 2.68. The minimum absolute atomic E-state index is 0.488. The van der Waals surface area contributed by atoms with Crippen molar-refractivity contribution in [3.05, 3.63) is 53.7 Å². The van der Waals surface area contributed by atoms with Crippen molar-refractivity contribution in [3.8, 4) is 0 Å². The molecule has 0 N–H and O–H groups in total. The molecule has 0 spiro atoms. The molecular weight excluding hydrogens is 224 g/mol. The van der Waals surface area contributed by atoms with Crippen molar-refractivity contribution in [1.82, 2.24) is 9.88 Å². The van der Waals surface area contributed by atoms with Crippen LogP contribution < -0.4 is 0 Å². The molecule has 3 heteroatoms. The van der Waals surface area contributed by atoms with Gasteiger partial charge in [0, 0.05) is 12.6 Å². The fourth-order valence-corrected chi connectivity index (χ4v) is 2.68. The first-order chi connectivity index (χ1) is 8.83. The summed E-state index contributed by atoms with van der Waals surface area (Å²) in [5.41, 5.74) is 2.47. The Balaban J connectivity index is 1.80. The minimum Gasteiger partial charge on any atom is -0.469 e. The number of pyridine rings is 1. The normalized spacial score (nSPS) is 20.4. The number of hydrogen-bond donors (Lipinski definition) is 0. The van der Waals surface area contributed by atoms with Gasteiger partial charge in [-0.1, -0.05) is 0 Å². The molecular formula is C15H18N2O. The van der Waals surface area contributed by atoms with E-state index >= 15 is 0 Å². The lowest BCUT2D eigenvalue weighted by Crippen LogP contribution is -2.18. The molecule has 0 aromatic carbocycles. The third-order valence-corrected chi connectivity index (χ3v) is 3.67. The van der Waals surface area contributed by atoms with Gasteiger partial charge in [0.15, 0.2) is 0 Å². The van der Waals surface area contributed by atoms with Gasteiger partial charge < -0.3 is 4.42 Å². The lowest BCUT2D eigenvalue weighted by Gasteiger charge is -2.19. The Morgan fingerprint density at radius 2 is 2.39 bits per heavy atom. The quantitative estimate of drug-likeness (QED) is 0.828. The van der Waals surface area contributed by atoms with E-state index in [1.807, 2.05) is 18.3 Å². The summed E-state index contributed by atoms with van der Waals surface area (Å²) in [6, 6.07) is 8.72. The van der Waals surface area contributed by atoms with E-state index < -0.39 is 0 Å². The maximum absolute atomic E-state index is 5.39. The lowest BCUT2D eigenvalue weighted by molar-refractivity contribution is 0.312. The number of aromatic nitrogens is 1. The molecule has 1 saturated heterocycles. The van der Waals surface area contributed by atoms with Crippen molar-refractivity contribution < 1.29 is 4.42 Å². The van der Waals surface area contributed by atoms with Crippen LogP contribution in [0, 0.1) is 0 Å². The topological polar surface area (TPSA) is 29.3 Å². The molecule has 1 aliphatic heterocycles. The average Bonchev–Trinajstić information content (AvgIpc) is 3.01. The summed E-state index contributed by atoms with van der Waals surface area (Å²) in [6.45, 7) is 1.18. The van der Waals surface area contributed by atoms with E-state index in [-0.39, 0.29) is 0 Å². The SMILES string of the molecule is CN1CCC[C@H]1c1cc(Cc2ccco2)ccn1. The molecule has 0 amide bonds. The summed E-state index contributed by atoms with van der Waals surface area (Å²) in [5, 5.41) is 0. The molecule has 0 radical (unpaired) electrons. The van der Waals surface area contributed by atoms with Crippen LogP contribution in [0.5, 0.6) is 0 Å². The molecule has 0 bridgehead atoms. The molecule has 3 heterocycles. The highest BCUT2D eigenvalue weighted by molar-refractivity contribution is 5.23. The number of hydrogen-bond acceptors (Lipinski definition) is 3. The van der Waals surface area contributed by atoms with E-state index in [0.29, 0.717) is 6.04 Å². The number of nitrogens with zero attached hydrogens (tertiary/aromatic N) is 2. The van der Waals surface area contributed by atoms with Crippen molar-refractivity contribution in [2.45, 2.75) is 25.3 Å². The van der Waals surface area contributed by atoms with Crippen LogP contribution in [0.1, 0.15) is 35.9 Å². The smallest absolute Gasteiger partial charge is 0.108 e. The van der Waals surface area contributed by atoms with E-state index in [1.54, 1.807) is 6.26 Å². The van der Waals surface area contributed by atoms with Gasteiger partial charge in [-0.2, -0.15) is 0 Å². The highest BCUT2D eigenvalue weighted by Crippen LogP contribution is 2.29. The van der Waals surface area contributed by atoms with Gasteiger partial charge in [0.1, 0.15) is 5.76 Å². The second kappa shape index (κ2) is 4.94. The van der Waals surface area contributed by atoms with Gasteiger partial charge in [0.2, 0.25) is 0 Å². The molecule has 2 aromatic heterocycles. The van der Waals surface area contributed by atoms with Crippen LogP contribution in [-0.4, -0.2) is 23.5 Å². The Morgan fingerprint density at radius 3 is 3.11 bits per heavy atom. The monoisotopic (exact) mass is 242 g/mol. The van der Waals surface area contributed by atoms with Crippen LogP contribution in [0.3, 0.4) is 0 Å². The molecule has 1 fully saturated rings. The van der Waals surface area contributed by atoms with Gasteiger partial charge in [-0.25, -0.2) is 0 Å². The van der Waals surface area contributed by atoms with Crippen LogP contribution in [0.25, 0.3) is 0 Å². The molecule has 2 aromatic rings. The van der Waals surface area contributed by atoms with Gasteiger partial charge >= 0.3 is 0 Å². The third kappa shape index (κ3) is 2.31. The zero-order valence-corrected chi connectivity index (χ0v) is 10.7. The Bertz CT molecular complexity index is 507. The molecule has 3 nitrogen and oxygen atoms in total. The predicted molar refractivity (Wildman–Crippen MR) is 70.4 cm³/mol. The first-order valence-corrected chi connectivity index (χ1v) is 6.50. The molecule has 18 heavy (non-hydrogen) atoms. The van der Waals surface area contributed by atoms with Gasteiger partial charge in [-0.05, 0) is 56.3 Å². The summed E-state index contributed by atoms with van der Waals surface area (Å²) in [5.74, 6) is 1.01. The van der Waals surface area contributed by atoms with Crippen LogP contribution >= 0.6 is 0 Å². The van der Waals surface area contributed by atoms with E-state index in [0.717, 1.165) is 12.2 Å². The molecule has 0 aliphatic carbocycles. The predicted octanol–water partition coefficient (Wildman–Crippen LogP) is 3.03. The zero-order valence-electron chi connectivity index (χ0n) is 10.7. The van der Waals surface area contributed by atoms with E-state index in [2.05, 4.69) is 29.1 Å². The molecule has 94 valence electrons. The van der Waals surface area contributed by atoms with E-state index in [4.69, 9.17) is 4.42 Å². The molecule has 0 saturated carbocycles. The van der Waals surface area contributed by atoms with Gasteiger partial charge in [0.25, 0.3) is 0 Å². The Kier molecular flexibility index (Phi) is 3.15.